The van der Waals surface area contributed by atoms with Crippen molar-refractivity contribution in [2.24, 2.45) is 0 Å². The Balaban J connectivity index is 1.67. The van der Waals surface area contributed by atoms with Crippen molar-refractivity contribution in [2.75, 3.05) is 18.1 Å². The summed E-state index contributed by atoms with van der Waals surface area (Å²) >= 11 is 0. The summed E-state index contributed by atoms with van der Waals surface area (Å²) in [4.78, 5) is 26.4. The maximum atomic E-state index is 12.7. The van der Waals surface area contributed by atoms with Gasteiger partial charge in [-0.3, -0.25) is 4.79 Å². The van der Waals surface area contributed by atoms with E-state index in [1.54, 1.807) is 23.1 Å². The first-order valence-corrected chi connectivity index (χ1v) is 10.8. The lowest BCUT2D eigenvalue weighted by Crippen LogP contribution is -2.48. The smallest absolute Gasteiger partial charge is 0.374 e. The number of sulfone groups is 1. The van der Waals surface area contributed by atoms with Gasteiger partial charge in [-0.05, 0) is 31.9 Å². The third kappa shape index (κ3) is 4.32. The Morgan fingerprint density at radius 2 is 2.07 bits per heavy atom. The SMILES string of the molecule is CC[C@H](C)N(C(=O)COC(=O)c1cc2ccccc2o1)[C@@H]1CCS(=O)(=O)C1. The number of para-hydroxylation sites is 1. The molecule has 1 aliphatic heterocycles. The molecule has 27 heavy (non-hydrogen) atoms. The zero-order valence-electron chi connectivity index (χ0n) is 15.4. The number of benzene rings is 1. The van der Waals surface area contributed by atoms with Crippen molar-refractivity contribution in [2.45, 2.75) is 38.8 Å². The molecule has 1 aromatic carbocycles. The molecule has 0 N–H and O–H groups in total. The second-order valence-electron chi connectivity index (χ2n) is 6.84. The van der Waals surface area contributed by atoms with E-state index >= 15 is 0 Å². The summed E-state index contributed by atoms with van der Waals surface area (Å²) in [6.07, 6.45) is 1.09. The number of hydrogen-bond acceptors (Lipinski definition) is 6. The van der Waals surface area contributed by atoms with E-state index in [2.05, 4.69) is 0 Å². The zero-order valence-corrected chi connectivity index (χ0v) is 16.2. The van der Waals surface area contributed by atoms with Gasteiger partial charge in [0.15, 0.2) is 16.4 Å². The van der Waals surface area contributed by atoms with E-state index in [0.717, 1.165) is 5.39 Å². The van der Waals surface area contributed by atoms with Gasteiger partial charge < -0.3 is 14.1 Å². The summed E-state index contributed by atoms with van der Waals surface area (Å²) in [7, 11) is -3.12. The van der Waals surface area contributed by atoms with Crippen LogP contribution in [-0.2, 0) is 19.4 Å². The monoisotopic (exact) mass is 393 g/mol. The minimum Gasteiger partial charge on any atom is -0.450 e. The number of amides is 1. The Morgan fingerprint density at radius 1 is 1.33 bits per heavy atom. The molecule has 0 saturated carbocycles. The van der Waals surface area contributed by atoms with Crippen LogP contribution in [0.15, 0.2) is 34.7 Å². The minimum absolute atomic E-state index is 0.0301. The summed E-state index contributed by atoms with van der Waals surface area (Å²) in [6, 6.07) is 8.23. The van der Waals surface area contributed by atoms with Crippen molar-refractivity contribution in [3.05, 3.63) is 36.1 Å². The van der Waals surface area contributed by atoms with E-state index in [4.69, 9.17) is 9.15 Å². The highest BCUT2D eigenvalue weighted by atomic mass is 32.2. The van der Waals surface area contributed by atoms with Gasteiger partial charge in [0, 0.05) is 17.5 Å². The number of carbonyl (C=O) groups is 2. The van der Waals surface area contributed by atoms with E-state index in [9.17, 15) is 18.0 Å². The van der Waals surface area contributed by atoms with Crippen LogP contribution in [-0.4, -0.2) is 55.4 Å². The molecule has 8 heteroatoms. The zero-order chi connectivity index (χ0) is 19.6. The van der Waals surface area contributed by atoms with Crippen molar-refractivity contribution in [3.63, 3.8) is 0 Å². The third-order valence-electron chi connectivity index (χ3n) is 4.91. The molecule has 1 aromatic heterocycles. The fourth-order valence-corrected chi connectivity index (χ4v) is 5.07. The average Bonchev–Trinajstić information content (AvgIpc) is 3.22. The lowest BCUT2D eigenvalue weighted by atomic mass is 10.1. The van der Waals surface area contributed by atoms with Crippen LogP contribution in [0.5, 0.6) is 0 Å². The number of furan rings is 1. The van der Waals surface area contributed by atoms with Crippen molar-refractivity contribution < 1.29 is 27.2 Å². The highest BCUT2D eigenvalue weighted by Crippen LogP contribution is 2.22. The first kappa shape index (κ1) is 19.4. The van der Waals surface area contributed by atoms with Crippen LogP contribution < -0.4 is 0 Å². The van der Waals surface area contributed by atoms with E-state index < -0.39 is 28.3 Å². The lowest BCUT2D eigenvalue weighted by Gasteiger charge is -2.33. The van der Waals surface area contributed by atoms with Crippen LogP contribution in [0.25, 0.3) is 11.0 Å². The summed E-state index contributed by atoms with van der Waals surface area (Å²) in [5.41, 5.74) is 0.563. The molecule has 1 saturated heterocycles. The Kier molecular flexibility index (Phi) is 5.55. The predicted octanol–water partition coefficient (Wildman–Crippen LogP) is 2.40. The van der Waals surface area contributed by atoms with E-state index in [0.29, 0.717) is 18.4 Å². The molecule has 0 bridgehead atoms. The van der Waals surface area contributed by atoms with Crippen LogP contribution in [0.4, 0.5) is 0 Å². The van der Waals surface area contributed by atoms with Gasteiger partial charge in [0.25, 0.3) is 5.91 Å². The second kappa shape index (κ2) is 7.72. The molecule has 2 atom stereocenters. The van der Waals surface area contributed by atoms with E-state index in [-0.39, 0.29) is 29.3 Å². The number of esters is 1. The fourth-order valence-electron chi connectivity index (χ4n) is 3.36. The van der Waals surface area contributed by atoms with Crippen molar-refractivity contribution in [1.82, 2.24) is 4.90 Å². The number of hydrogen-bond donors (Lipinski definition) is 0. The first-order chi connectivity index (χ1) is 12.8. The second-order valence-corrected chi connectivity index (χ2v) is 9.07. The predicted molar refractivity (Wildman–Crippen MR) is 100 cm³/mol. The van der Waals surface area contributed by atoms with Gasteiger partial charge in [0.2, 0.25) is 5.76 Å². The van der Waals surface area contributed by atoms with Crippen LogP contribution in [0, 0.1) is 0 Å². The summed E-state index contributed by atoms with van der Waals surface area (Å²) in [5.74, 6) is -1.04. The van der Waals surface area contributed by atoms with Gasteiger partial charge in [-0.25, -0.2) is 13.2 Å². The molecule has 2 heterocycles. The number of nitrogens with zero attached hydrogens (tertiary/aromatic N) is 1. The highest BCUT2D eigenvalue weighted by molar-refractivity contribution is 7.91. The maximum absolute atomic E-state index is 12.7. The van der Waals surface area contributed by atoms with Gasteiger partial charge in [-0.15, -0.1) is 0 Å². The standard InChI is InChI=1S/C19H23NO6S/c1-3-13(2)20(15-8-9-27(23,24)12-15)18(21)11-25-19(22)17-10-14-6-4-5-7-16(14)26-17/h4-7,10,13,15H,3,8-9,11-12H2,1-2H3/t13-,15+/m0/s1. The summed E-state index contributed by atoms with van der Waals surface area (Å²) in [5, 5.41) is 0.771. The summed E-state index contributed by atoms with van der Waals surface area (Å²) < 4.78 is 34.1. The molecule has 0 unspecified atom stereocenters. The molecule has 146 valence electrons. The number of fused-ring (bicyclic) bond motifs is 1. The highest BCUT2D eigenvalue weighted by Gasteiger charge is 2.36. The van der Waals surface area contributed by atoms with Gasteiger partial charge >= 0.3 is 5.97 Å². The minimum atomic E-state index is -3.12. The summed E-state index contributed by atoms with van der Waals surface area (Å²) in [6.45, 7) is 3.34. The van der Waals surface area contributed by atoms with Gasteiger partial charge in [0.1, 0.15) is 5.58 Å². The molecule has 0 spiro atoms. The molecule has 3 rings (SSSR count). The lowest BCUT2D eigenvalue weighted by molar-refractivity contribution is -0.138. The Hall–Kier alpha value is -2.35. The average molecular weight is 393 g/mol. The Bertz CT molecular complexity index is 915. The first-order valence-electron chi connectivity index (χ1n) is 8.98. The number of rotatable bonds is 6. The maximum Gasteiger partial charge on any atom is 0.374 e. The van der Waals surface area contributed by atoms with Crippen LogP contribution in [0.2, 0.25) is 0 Å². The number of ether oxygens (including phenoxy) is 1. The van der Waals surface area contributed by atoms with E-state index in [1.807, 2.05) is 26.0 Å². The molecule has 2 aromatic rings. The van der Waals surface area contributed by atoms with Gasteiger partial charge in [-0.1, -0.05) is 25.1 Å². The molecular weight excluding hydrogens is 370 g/mol. The topological polar surface area (TPSA) is 93.9 Å². The van der Waals surface area contributed by atoms with Gasteiger partial charge in [0.05, 0.1) is 11.5 Å². The largest absolute Gasteiger partial charge is 0.450 e. The molecule has 1 amide bonds. The molecule has 0 radical (unpaired) electrons. The molecule has 0 aliphatic carbocycles. The molecule has 1 aliphatic rings. The van der Waals surface area contributed by atoms with Crippen molar-refractivity contribution >= 4 is 32.7 Å². The van der Waals surface area contributed by atoms with Crippen LogP contribution >= 0.6 is 0 Å². The molecular formula is C19H23NO6S. The third-order valence-corrected chi connectivity index (χ3v) is 6.66. The van der Waals surface area contributed by atoms with Crippen molar-refractivity contribution in [1.29, 1.82) is 0 Å². The fraction of sp³-hybridized carbons (Fsp3) is 0.474. The van der Waals surface area contributed by atoms with Gasteiger partial charge in [-0.2, -0.15) is 0 Å². The van der Waals surface area contributed by atoms with Crippen LogP contribution in [0.3, 0.4) is 0 Å². The normalized spacial score (nSPS) is 19.7. The quantitative estimate of drug-likeness (QED) is 0.700. The number of carbonyl (C=O) groups excluding carboxylic acids is 2. The molecule has 1 fully saturated rings. The Labute approximate surface area is 158 Å². The van der Waals surface area contributed by atoms with Crippen LogP contribution in [0.1, 0.15) is 37.2 Å². The molecule has 7 nitrogen and oxygen atoms in total. The van der Waals surface area contributed by atoms with Crippen molar-refractivity contribution in [3.8, 4) is 0 Å². The van der Waals surface area contributed by atoms with E-state index in [1.165, 1.54) is 0 Å². The Morgan fingerprint density at radius 3 is 2.70 bits per heavy atom.